The number of nitrogens with zero attached hydrogens (tertiary/aromatic N) is 1. The van der Waals surface area contributed by atoms with Crippen LogP contribution in [-0.2, 0) is 0 Å². The summed E-state index contributed by atoms with van der Waals surface area (Å²) in [6.45, 7) is 7.96. The first-order valence-electron chi connectivity index (χ1n) is 6.70. The van der Waals surface area contributed by atoms with Gasteiger partial charge in [-0.2, -0.15) is 0 Å². The lowest BCUT2D eigenvalue weighted by Crippen LogP contribution is -2.48. The number of hydrogen-bond donors (Lipinski definition) is 1. The van der Waals surface area contributed by atoms with Crippen LogP contribution in [0.5, 0.6) is 0 Å². The third-order valence-electron chi connectivity index (χ3n) is 4.12. The Bertz CT molecular complexity index is 419. The fraction of sp³-hybridized carbons (Fsp3) is 0.600. The van der Waals surface area contributed by atoms with Crippen LogP contribution >= 0.6 is 15.9 Å². The van der Waals surface area contributed by atoms with Gasteiger partial charge < -0.3 is 10.2 Å². The van der Waals surface area contributed by atoms with E-state index in [1.165, 1.54) is 28.7 Å². The molecule has 2 nitrogen and oxygen atoms in total. The molecule has 1 aromatic rings. The Balaban J connectivity index is 2.06. The maximum absolute atomic E-state index is 3.70. The minimum absolute atomic E-state index is 0.580. The number of anilines is 1. The van der Waals surface area contributed by atoms with Gasteiger partial charge in [0.2, 0.25) is 0 Å². The van der Waals surface area contributed by atoms with Crippen LogP contribution in [-0.4, -0.2) is 30.6 Å². The van der Waals surface area contributed by atoms with Crippen molar-refractivity contribution in [3.05, 3.63) is 28.2 Å². The molecule has 2 rings (SSSR count). The van der Waals surface area contributed by atoms with Crippen LogP contribution in [0.2, 0.25) is 0 Å². The number of rotatable bonds is 2. The Morgan fingerprint density at radius 1 is 1.33 bits per heavy atom. The number of benzene rings is 1. The summed E-state index contributed by atoms with van der Waals surface area (Å²) in [5, 5.41) is 3.70. The van der Waals surface area contributed by atoms with Gasteiger partial charge in [0.05, 0.1) is 0 Å². The second-order valence-corrected chi connectivity index (χ2v) is 6.57. The molecule has 0 aliphatic carbocycles. The van der Waals surface area contributed by atoms with Crippen LogP contribution in [0.3, 0.4) is 0 Å². The lowest BCUT2D eigenvalue weighted by Gasteiger charge is -2.40. The van der Waals surface area contributed by atoms with Crippen molar-refractivity contribution in [3.8, 4) is 0 Å². The molecule has 0 bridgehead atoms. The predicted molar refractivity (Wildman–Crippen MR) is 82.2 cm³/mol. The van der Waals surface area contributed by atoms with Gasteiger partial charge in [0.15, 0.2) is 0 Å². The molecule has 1 aromatic carbocycles. The van der Waals surface area contributed by atoms with Gasteiger partial charge in [0, 0.05) is 28.8 Å². The zero-order chi connectivity index (χ0) is 13.3. The van der Waals surface area contributed by atoms with Crippen LogP contribution in [0.4, 0.5) is 5.69 Å². The smallest absolute Gasteiger partial charge is 0.0345 e. The Kier molecular flexibility index (Phi) is 4.33. The summed E-state index contributed by atoms with van der Waals surface area (Å²) in [5.74, 6) is 0.690. The Labute approximate surface area is 119 Å². The molecule has 1 fully saturated rings. The molecule has 18 heavy (non-hydrogen) atoms. The number of hydrogen-bond acceptors (Lipinski definition) is 2. The highest BCUT2D eigenvalue weighted by Gasteiger charge is 2.28. The lowest BCUT2D eigenvalue weighted by atomic mass is 9.89. The van der Waals surface area contributed by atoms with Crippen LogP contribution in [0.25, 0.3) is 0 Å². The van der Waals surface area contributed by atoms with E-state index in [0.29, 0.717) is 18.0 Å². The quantitative estimate of drug-likeness (QED) is 0.891. The van der Waals surface area contributed by atoms with Gasteiger partial charge in [-0.05, 0) is 57.0 Å². The number of piperidine rings is 1. The van der Waals surface area contributed by atoms with Gasteiger partial charge in [0.1, 0.15) is 0 Å². The topological polar surface area (TPSA) is 15.3 Å². The summed E-state index contributed by atoms with van der Waals surface area (Å²) < 4.78 is 1.18. The fourth-order valence-corrected chi connectivity index (χ4v) is 2.94. The predicted octanol–water partition coefficient (Wildman–Crippen LogP) is 3.90. The van der Waals surface area contributed by atoms with Gasteiger partial charge >= 0.3 is 0 Å². The van der Waals surface area contributed by atoms with Gasteiger partial charge in [-0.1, -0.05) is 22.9 Å². The number of aryl methyl sites for hydroxylation is 1. The minimum atomic E-state index is 0.580. The van der Waals surface area contributed by atoms with E-state index in [1.54, 1.807) is 0 Å². The Morgan fingerprint density at radius 2 is 2.06 bits per heavy atom. The molecule has 0 spiro atoms. The van der Waals surface area contributed by atoms with E-state index in [1.807, 2.05) is 0 Å². The molecule has 1 aliphatic rings. The molecular weight excluding hydrogens is 288 g/mol. The normalized spacial score (nSPS) is 29.3. The molecule has 0 amide bonds. The van der Waals surface area contributed by atoms with Crippen molar-refractivity contribution >= 4 is 21.6 Å². The molecule has 1 heterocycles. The minimum Gasteiger partial charge on any atom is -0.382 e. The van der Waals surface area contributed by atoms with E-state index >= 15 is 0 Å². The van der Waals surface area contributed by atoms with Crippen molar-refractivity contribution in [1.82, 2.24) is 4.90 Å². The lowest BCUT2D eigenvalue weighted by molar-refractivity contribution is 0.145. The first-order chi connectivity index (χ1) is 8.47. The highest BCUT2D eigenvalue weighted by molar-refractivity contribution is 9.10. The van der Waals surface area contributed by atoms with E-state index in [2.05, 4.69) is 72.2 Å². The second kappa shape index (κ2) is 5.62. The van der Waals surface area contributed by atoms with E-state index in [4.69, 9.17) is 0 Å². The van der Waals surface area contributed by atoms with Gasteiger partial charge in [-0.3, -0.25) is 0 Å². The van der Waals surface area contributed by atoms with Gasteiger partial charge in [-0.25, -0.2) is 0 Å². The van der Waals surface area contributed by atoms with Crippen molar-refractivity contribution in [2.24, 2.45) is 5.92 Å². The Morgan fingerprint density at radius 3 is 2.72 bits per heavy atom. The molecule has 0 saturated carbocycles. The first-order valence-corrected chi connectivity index (χ1v) is 7.49. The summed E-state index contributed by atoms with van der Waals surface area (Å²) in [6, 6.07) is 7.75. The summed E-state index contributed by atoms with van der Waals surface area (Å²) in [4.78, 5) is 2.45. The van der Waals surface area contributed by atoms with Crippen molar-refractivity contribution in [2.45, 2.75) is 39.3 Å². The fourth-order valence-electron chi connectivity index (χ4n) is 2.69. The molecular formula is C15H23BrN2. The molecule has 3 unspecified atom stereocenters. The van der Waals surface area contributed by atoms with E-state index < -0.39 is 0 Å². The zero-order valence-electron chi connectivity index (χ0n) is 11.7. The van der Waals surface area contributed by atoms with Gasteiger partial charge in [-0.15, -0.1) is 0 Å². The summed E-state index contributed by atoms with van der Waals surface area (Å²) in [6.07, 6.45) is 1.22. The van der Waals surface area contributed by atoms with E-state index in [-0.39, 0.29) is 0 Å². The molecule has 0 aromatic heterocycles. The Hall–Kier alpha value is -0.540. The summed E-state index contributed by atoms with van der Waals surface area (Å²) in [7, 11) is 2.22. The largest absolute Gasteiger partial charge is 0.382 e. The molecule has 3 atom stereocenters. The molecule has 1 N–H and O–H groups in total. The third-order valence-corrected chi connectivity index (χ3v) is 5.01. The highest BCUT2D eigenvalue weighted by Crippen LogP contribution is 2.26. The van der Waals surface area contributed by atoms with Crippen molar-refractivity contribution in [1.29, 1.82) is 0 Å². The van der Waals surface area contributed by atoms with Crippen LogP contribution in [0.15, 0.2) is 22.7 Å². The average Bonchev–Trinajstić information content (AvgIpc) is 2.31. The maximum atomic E-state index is 3.70. The number of likely N-dealkylation sites (tertiary alicyclic amines) is 1. The molecule has 3 heteroatoms. The summed E-state index contributed by atoms with van der Waals surface area (Å²) in [5.41, 5.74) is 2.53. The van der Waals surface area contributed by atoms with E-state index in [9.17, 15) is 0 Å². The van der Waals surface area contributed by atoms with Crippen molar-refractivity contribution < 1.29 is 0 Å². The molecule has 0 radical (unpaired) electrons. The van der Waals surface area contributed by atoms with Crippen molar-refractivity contribution in [2.75, 3.05) is 18.9 Å². The second-order valence-electron chi connectivity index (χ2n) is 5.72. The van der Waals surface area contributed by atoms with E-state index in [0.717, 1.165) is 0 Å². The highest BCUT2D eigenvalue weighted by atomic mass is 79.9. The maximum Gasteiger partial charge on any atom is 0.0345 e. The molecule has 1 aliphatic heterocycles. The number of halogens is 1. The van der Waals surface area contributed by atoms with Crippen LogP contribution in [0.1, 0.15) is 25.8 Å². The standard InChI is InChI=1S/C15H23BrN2/c1-10-7-13(5-6-14(10)16)17-15-8-12(3)18(4)9-11(15)2/h5-7,11-12,15,17H,8-9H2,1-4H3. The summed E-state index contributed by atoms with van der Waals surface area (Å²) >= 11 is 3.55. The molecule has 1 saturated heterocycles. The van der Waals surface area contributed by atoms with Gasteiger partial charge in [0.25, 0.3) is 0 Å². The molecule has 100 valence electrons. The average molecular weight is 311 g/mol. The third kappa shape index (κ3) is 3.07. The first kappa shape index (κ1) is 13.9. The van der Waals surface area contributed by atoms with Crippen LogP contribution < -0.4 is 5.32 Å². The zero-order valence-corrected chi connectivity index (χ0v) is 13.3. The SMILES string of the molecule is Cc1cc(NC2CC(C)N(C)CC2C)ccc1Br. The van der Waals surface area contributed by atoms with Crippen LogP contribution in [0, 0.1) is 12.8 Å². The van der Waals surface area contributed by atoms with Crippen molar-refractivity contribution in [3.63, 3.8) is 0 Å². The monoisotopic (exact) mass is 310 g/mol. The number of nitrogens with one attached hydrogen (secondary N) is 1.